The van der Waals surface area contributed by atoms with E-state index in [4.69, 9.17) is 4.89 Å². The molecule has 0 rings (SSSR count). The van der Waals surface area contributed by atoms with Gasteiger partial charge in [0, 0.05) is 6.61 Å². The van der Waals surface area contributed by atoms with Gasteiger partial charge in [0.2, 0.25) is 0 Å². The zero-order valence-corrected chi connectivity index (χ0v) is 21.5. The molecular formula is C24H54NO3P. The normalized spacial score (nSPS) is 12.5. The van der Waals surface area contributed by atoms with Gasteiger partial charge in [0.1, 0.15) is 0 Å². The lowest BCUT2D eigenvalue weighted by atomic mass is 10.0. The average Bonchev–Trinajstić information content (AvgIpc) is 2.68. The molecule has 0 aromatic heterocycles. The molecule has 0 heterocycles. The highest BCUT2D eigenvalue weighted by molar-refractivity contribution is 7.37. The van der Waals surface area contributed by atoms with Crippen LogP contribution >= 0.6 is 8.60 Å². The van der Waals surface area contributed by atoms with Crippen LogP contribution < -0.4 is 4.89 Å². The van der Waals surface area contributed by atoms with Crippen LogP contribution in [0.1, 0.15) is 124 Å². The Morgan fingerprint density at radius 2 is 1.00 bits per heavy atom. The van der Waals surface area contributed by atoms with Crippen molar-refractivity contribution in [3.05, 3.63) is 0 Å². The van der Waals surface area contributed by atoms with E-state index in [9.17, 15) is 4.89 Å². The van der Waals surface area contributed by atoms with Crippen molar-refractivity contribution in [3.8, 4) is 0 Å². The maximum atomic E-state index is 9.53. The van der Waals surface area contributed by atoms with E-state index < -0.39 is 8.60 Å². The van der Waals surface area contributed by atoms with Crippen LogP contribution in [0, 0.1) is 0 Å². The van der Waals surface area contributed by atoms with E-state index in [2.05, 4.69) is 32.5 Å². The Bertz CT molecular complexity index is 302. The number of hydrogen-bond donors (Lipinski definition) is 1. The molecule has 0 aliphatic rings. The molecule has 0 saturated heterocycles. The van der Waals surface area contributed by atoms with Crippen molar-refractivity contribution in [3.63, 3.8) is 0 Å². The van der Waals surface area contributed by atoms with E-state index in [-0.39, 0.29) is 0 Å². The highest BCUT2D eigenvalue weighted by Crippen LogP contribution is 2.16. The van der Waals surface area contributed by atoms with Gasteiger partial charge in [-0.3, -0.25) is 0 Å². The van der Waals surface area contributed by atoms with Crippen LogP contribution in [0.15, 0.2) is 0 Å². The van der Waals surface area contributed by atoms with E-state index in [0.29, 0.717) is 6.61 Å². The lowest BCUT2D eigenvalue weighted by Gasteiger charge is -2.28. The third kappa shape index (κ3) is 30.6. The first-order valence-corrected chi connectivity index (χ1v) is 13.6. The SMILES string of the molecule is CCCCCCCCCCCCCCCCCC[N+](C)(C)CC.CCOP([O-])O. The quantitative estimate of drug-likeness (QED) is 0.128. The van der Waals surface area contributed by atoms with E-state index in [0.717, 1.165) is 0 Å². The summed E-state index contributed by atoms with van der Waals surface area (Å²) in [6.07, 6.45) is 23.4. The molecule has 0 bridgehead atoms. The third-order valence-corrected chi connectivity index (χ3v) is 6.19. The fraction of sp³-hybridized carbons (Fsp3) is 1.00. The lowest BCUT2D eigenvalue weighted by Crippen LogP contribution is -2.39. The van der Waals surface area contributed by atoms with Crippen LogP contribution in [0.4, 0.5) is 0 Å². The van der Waals surface area contributed by atoms with Gasteiger partial charge in [-0.2, -0.15) is 0 Å². The summed E-state index contributed by atoms with van der Waals surface area (Å²) in [6, 6.07) is 0. The molecule has 4 nitrogen and oxygen atoms in total. The zero-order chi connectivity index (χ0) is 22.2. The van der Waals surface area contributed by atoms with Crippen molar-refractivity contribution in [1.82, 2.24) is 0 Å². The van der Waals surface area contributed by atoms with Crippen molar-refractivity contribution in [2.75, 3.05) is 33.8 Å². The number of rotatable bonds is 20. The predicted octanol–water partition coefficient (Wildman–Crippen LogP) is 6.95. The fourth-order valence-corrected chi connectivity index (χ4v) is 3.58. The first kappa shape index (κ1) is 31.5. The van der Waals surface area contributed by atoms with Gasteiger partial charge in [-0.25, -0.2) is 0 Å². The number of hydrogen-bond acceptors (Lipinski definition) is 3. The smallest absolute Gasteiger partial charge is 0.0791 e. The van der Waals surface area contributed by atoms with Crippen LogP contribution in [-0.2, 0) is 4.52 Å². The Hall–Kier alpha value is 0.270. The van der Waals surface area contributed by atoms with Crippen LogP contribution in [0.5, 0.6) is 0 Å². The van der Waals surface area contributed by atoms with Crippen LogP contribution in [-0.4, -0.2) is 43.2 Å². The molecule has 0 aromatic rings. The lowest BCUT2D eigenvalue weighted by molar-refractivity contribution is -0.888. The molecule has 0 radical (unpaired) electrons. The van der Waals surface area contributed by atoms with Gasteiger partial charge in [-0.1, -0.05) is 96.8 Å². The van der Waals surface area contributed by atoms with Crippen LogP contribution in [0.2, 0.25) is 0 Å². The maximum absolute atomic E-state index is 9.53. The van der Waals surface area contributed by atoms with Crippen LogP contribution in [0.25, 0.3) is 0 Å². The predicted molar refractivity (Wildman–Crippen MR) is 128 cm³/mol. The van der Waals surface area contributed by atoms with Crippen molar-refractivity contribution in [2.45, 2.75) is 124 Å². The van der Waals surface area contributed by atoms with Crippen molar-refractivity contribution >= 4 is 8.60 Å². The molecular weight excluding hydrogens is 381 g/mol. The second kappa shape index (κ2) is 24.5. The minimum atomic E-state index is -2.35. The summed E-state index contributed by atoms with van der Waals surface area (Å²) in [6.45, 7) is 9.17. The van der Waals surface area contributed by atoms with Gasteiger partial charge >= 0.3 is 0 Å². The molecule has 1 N–H and O–H groups in total. The summed E-state index contributed by atoms with van der Waals surface area (Å²) in [5.41, 5.74) is 0. The van der Waals surface area contributed by atoms with Crippen molar-refractivity contribution < 1.29 is 18.8 Å². The standard InChI is InChI=1S/C22H48N.C2H6O3P/c1-5-7-8-9-10-11-12-13-14-15-16-17-18-19-20-21-22-23(3,4)6-2;1-2-5-6(3)4/h5-22H2,1-4H3;3H,2H2,1H3/q+1;-1. The molecule has 0 amide bonds. The Morgan fingerprint density at radius 1 is 0.655 bits per heavy atom. The summed E-state index contributed by atoms with van der Waals surface area (Å²) in [5.74, 6) is 0. The van der Waals surface area contributed by atoms with Gasteiger partial charge in [-0.15, -0.1) is 0 Å². The molecule has 0 aliphatic carbocycles. The molecule has 0 aliphatic heterocycles. The van der Waals surface area contributed by atoms with Crippen LogP contribution in [0.3, 0.4) is 0 Å². The molecule has 0 spiro atoms. The maximum Gasteiger partial charge on any atom is 0.0791 e. The molecule has 0 fully saturated rings. The van der Waals surface area contributed by atoms with Gasteiger partial charge in [0.15, 0.2) is 0 Å². The topological polar surface area (TPSA) is 52.5 Å². The van der Waals surface area contributed by atoms with E-state index in [1.54, 1.807) is 6.92 Å². The zero-order valence-electron chi connectivity index (χ0n) is 20.6. The molecule has 0 aromatic carbocycles. The van der Waals surface area contributed by atoms with Gasteiger partial charge in [0.05, 0.1) is 35.8 Å². The van der Waals surface area contributed by atoms with Gasteiger partial charge in [0.25, 0.3) is 0 Å². The Morgan fingerprint density at radius 3 is 1.24 bits per heavy atom. The molecule has 178 valence electrons. The summed E-state index contributed by atoms with van der Waals surface area (Å²) < 4.78 is 5.30. The molecule has 29 heavy (non-hydrogen) atoms. The first-order chi connectivity index (χ1) is 13.9. The molecule has 0 saturated carbocycles. The molecule has 1 atom stereocenters. The summed E-state index contributed by atoms with van der Waals surface area (Å²) in [4.78, 5) is 17.4. The number of quaternary nitrogens is 1. The fourth-order valence-electron chi connectivity index (χ4n) is 3.36. The van der Waals surface area contributed by atoms with Crippen molar-refractivity contribution in [1.29, 1.82) is 0 Å². The first-order valence-electron chi connectivity index (χ1n) is 12.5. The van der Waals surface area contributed by atoms with Crippen molar-refractivity contribution in [2.24, 2.45) is 0 Å². The summed E-state index contributed by atoms with van der Waals surface area (Å²) >= 11 is 0. The van der Waals surface area contributed by atoms with E-state index in [1.807, 2.05) is 0 Å². The highest BCUT2D eigenvalue weighted by Gasteiger charge is 2.09. The minimum absolute atomic E-state index is 0.297. The number of nitrogens with zero attached hydrogens (tertiary/aromatic N) is 1. The minimum Gasteiger partial charge on any atom is -0.786 e. The van der Waals surface area contributed by atoms with E-state index >= 15 is 0 Å². The molecule has 1 unspecified atom stereocenters. The largest absolute Gasteiger partial charge is 0.786 e. The monoisotopic (exact) mass is 435 g/mol. The second-order valence-electron chi connectivity index (χ2n) is 8.93. The summed E-state index contributed by atoms with van der Waals surface area (Å²) in [5, 5.41) is 0. The Kier molecular flexibility index (Phi) is 26.6. The summed E-state index contributed by atoms with van der Waals surface area (Å²) in [7, 11) is 2.35. The average molecular weight is 436 g/mol. The number of unbranched alkanes of at least 4 members (excludes halogenated alkanes) is 15. The van der Waals surface area contributed by atoms with Gasteiger partial charge in [-0.05, 0) is 26.7 Å². The Labute approximate surface area is 185 Å². The van der Waals surface area contributed by atoms with E-state index in [1.165, 1.54) is 120 Å². The van der Waals surface area contributed by atoms with Gasteiger partial charge < -0.3 is 18.8 Å². The second-order valence-corrected chi connectivity index (χ2v) is 9.67. The molecule has 5 heteroatoms. The highest BCUT2D eigenvalue weighted by atomic mass is 31.2. The Balaban J connectivity index is 0. The third-order valence-electron chi connectivity index (χ3n) is 5.71.